The van der Waals surface area contributed by atoms with Gasteiger partial charge in [0.2, 0.25) is 0 Å². The maximum absolute atomic E-state index is 12.7. The lowest BCUT2D eigenvalue weighted by Gasteiger charge is -2.61. The van der Waals surface area contributed by atoms with E-state index < -0.39 is 0 Å². The summed E-state index contributed by atoms with van der Waals surface area (Å²) in [5.41, 5.74) is 0.399. The smallest absolute Gasteiger partial charge is 0.255 e. The Morgan fingerprint density at radius 3 is 2.65 bits per heavy atom. The summed E-state index contributed by atoms with van der Waals surface area (Å²) in [6.45, 7) is 2.66. The number of rotatable bonds is 3. The molecule has 7 heteroatoms. The number of hydrogen-bond acceptors (Lipinski definition) is 5. The van der Waals surface area contributed by atoms with Crippen LogP contribution in [0.1, 0.15) is 36.0 Å². The van der Waals surface area contributed by atoms with Crippen molar-refractivity contribution in [1.29, 1.82) is 0 Å². The molecule has 140 valence electrons. The second-order valence-corrected chi connectivity index (χ2v) is 7.31. The van der Waals surface area contributed by atoms with Crippen molar-refractivity contribution < 1.29 is 19.1 Å². The van der Waals surface area contributed by atoms with Crippen molar-refractivity contribution >= 4 is 11.8 Å². The highest BCUT2D eigenvalue weighted by Crippen LogP contribution is 2.45. The monoisotopic (exact) mass is 359 g/mol. The molecule has 1 spiro atoms. The number of methoxy groups -OCH3 is 1. The number of β-lactam (4-membered cyclic amide) rings is 1. The van der Waals surface area contributed by atoms with E-state index in [1.54, 1.807) is 31.6 Å². The van der Waals surface area contributed by atoms with E-state index >= 15 is 0 Å². The number of pyridine rings is 1. The maximum atomic E-state index is 12.7. The Bertz CT molecular complexity index is 667. The highest BCUT2D eigenvalue weighted by atomic mass is 16.5. The van der Waals surface area contributed by atoms with E-state index in [0.717, 1.165) is 25.7 Å². The Morgan fingerprint density at radius 1 is 1.31 bits per heavy atom. The van der Waals surface area contributed by atoms with Crippen LogP contribution in [0.2, 0.25) is 0 Å². The van der Waals surface area contributed by atoms with Crippen molar-refractivity contribution in [3.8, 4) is 0 Å². The van der Waals surface area contributed by atoms with E-state index in [0.29, 0.717) is 31.9 Å². The van der Waals surface area contributed by atoms with Crippen molar-refractivity contribution in [2.75, 3.05) is 33.4 Å². The summed E-state index contributed by atoms with van der Waals surface area (Å²) in [4.78, 5) is 33.2. The molecule has 0 bridgehead atoms. The average Bonchev–Trinajstić information content (AvgIpc) is 2.70. The van der Waals surface area contributed by atoms with Crippen molar-refractivity contribution in [3.05, 3.63) is 30.1 Å². The normalized spacial score (nSPS) is 26.0. The van der Waals surface area contributed by atoms with Gasteiger partial charge in [-0.25, -0.2) is 0 Å². The lowest BCUT2D eigenvalue weighted by molar-refractivity contribution is -0.213. The highest BCUT2D eigenvalue weighted by molar-refractivity contribution is 5.94. The average molecular weight is 359 g/mol. The van der Waals surface area contributed by atoms with Gasteiger partial charge < -0.3 is 19.3 Å². The lowest BCUT2D eigenvalue weighted by Crippen LogP contribution is -2.79. The van der Waals surface area contributed by atoms with Crippen LogP contribution in [-0.4, -0.2) is 77.7 Å². The minimum atomic E-state index is -0.346. The summed E-state index contributed by atoms with van der Waals surface area (Å²) in [7, 11) is 1.62. The first kappa shape index (κ1) is 17.4. The molecule has 7 nitrogen and oxygen atoms in total. The third-order valence-electron chi connectivity index (χ3n) is 6.05. The predicted molar refractivity (Wildman–Crippen MR) is 93.6 cm³/mol. The molecule has 3 saturated heterocycles. The zero-order valence-electron chi connectivity index (χ0n) is 15.1. The molecule has 0 N–H and O–H groups in total. The molecular weight excluding hydrogens is 334 g/mol. The molecule has 1 aromatic rings. The summed E-state index contributed by atoms with van der Waals surface area (Å²) in [5.74, 6) is 0.105. The van der Waals surface area contributed by atoms with Crippen molar-refractivity contribution in [2.45, 2.75) is 43.4 Å². The van der Waals surface area contributed by atoms with Crippen LogP contribution in [0.4, 0.5) is 0 Å². The van der Waals surface area contributed by atoms with Gasteiger partial charge in [0.15, 0.2) is 6.10 Å². The Hall–Kier alpha value is -1.99. The molecule has 0 aliphatic carbocycles. The van der Waals surface area contributed by atoms with E-state index in [4.69, 9.17) is 9.47 Å². The number of piperidine rings is 1. The van der Waals surface area contributed by atoms with Crippen LogP contribution < -0.4 is 0 Å². The Labute approximate surface area is 153 Å². The number of aromatic nitrogens is 1. The summed E-state index contributed by atoms with van der Waals surface area (Å²) in [6, 6.07) is 3.74. The van der Waals surface area contributed by atoms with Gasteiger partial charge in [0.05, 0.1) is 11.1 Å². The predicted octanol–water partition coefficient (Wildman–Crippen LogP) is 1.09. The molecule has 0 saturated carbocycles. The Morgan fingerprint density at radius 2 is 2.04 bits per heavy atom. The van der Waals surface area contributed by atoms with E-state index in [9.17, 15) is 9.59 Å². The van der Waals surface area contributed by atoms with Crippen LogP contribution in [0.3, 0.4) is 0 Å². The molecule has 3 aliphatic rings. The van der Waals surface area contributed by atoms with E-state index in [-0.39, 0.29) is 29.5 Å². The minimum absolute atomic E-state index is 0.0158. The van der Waals surface area contributed by atoms with E-state index in [1.807, 2.05) is 4.90 Å². The van der Waals surface area contributed by atoms with E-state index in [2.05, 4.69) is 9.88 Å². The van der Waals surface area contributed by atoms with Gasteiger partial charge in [-0.15, -0.1) is 0 Å². The van der Waals surface area contributed by atoms with Gasteiger partial charge in [-0.3, -0.25) is 14.6 Å². The molecular formula is C19H25N3O4. The minimum Gasteiger partial charge on any atom is -0.381 e. The number of carbonyl (C=O) groups excluding carboxylic acids is 2. The molecule has 1 unspecified atom stereocenters. The number of carbonyl (C=O) groups is 2. The fourth-order valence-electron chi connectivity index (χ4n) is 4.73. The zero-order valence-corrected chi connectivity index (χ0v) is 15.1. The number of nitrogens with zero attached hydrogens (tertiary/aromatic N) is 3. The van der Waals surface area contributed by atoms with Crippen molar-refractivity contribution in [2.24, 2.45) is 0 Å². The number of likely N-dealkylation sites (tertiary alicyclic amines) is 2. The number of ether oxygens (including phenoxy) is 2. The van der Waals surface area contributed by atoms with Gasteiger partial charge >= 0.3 is 0 Å². The fourth-order valence-corrected chi connectivity index (χ4v) is 4.73. The SMILES string of the molecule is COC1C(=O)N(C2CCN(C(=O)c3cccnc3)CC2)C12CCOCC2. The van der Waals surface area contributed by atoms with Gasteiger partial charge in [-0.2, -0.15) is 0 Å². The third kappa shape index (κ3) is 2.70. The largest absolute Gasteiger partial charge is 0.381 e. The van der Waals surface area contributed by atoms with Crippen LogP contribution in [0.15, 0.2) is 24.5 Å². The van der Waals surface area contributed by atoms with Crippen molar-refractivity contribution in [3.63, 3.8) is 0 Å². The van der Waals surface area contributed by atoms with E-state index in [1.165, 1.54) is 0 Å². The molecule has 4 heterocycles. The number of hydrogen-bond donors (Lipinski definition) is 0. The van der Waals surface area contributed by atoms with Crippen LogP contribution in [0, 0.1) is 0 Å². The molecule has 2 amide bonds. The third-order valence-corrected chi connectivity index (χ3v) is 6.05. The molecule has 1 atom stereocenters. The molecule has 0 radical (unpaired) electrons. The maximum Gasteiger partial charge on any atom is 0.255 e. The highest BCUT2D eigenvalue weighted by Gasteiger charge is 2.62. The molecule has 3 aliphatic heterocycles. The van der Waals surface area contributed by atoms with Gasteiger partial charge in [0, 0.05) is 51.8 Å². The van der Waals surface area contributed by atoms with Crippen LogP contribution in [0.5, 0.6) is 0 Å². The molecule has 26 heavy (non-hydrogen) atoms. The van der Waals surface area contributed by atoms with Gasteiger partial charge in [0.1, 0.15) is 0 Å². The zero-order chi connectivity index (χ0) is 18.1. The molecule has 3 fully saturated rings. The summed E-state index contributed by atoms with van der Waals surface area (Å²) >= 11 is 0. The van der Waals surface area contributed by atoms with Crippen LogP contribution >= 0.6 is 0 Å². The summed E-state index contributed by atoms with van der Waals surface area (Å²) < 4.78 is 11.0. The second kappa shape index (κ2) is 6.96. The summed E-state index contributed by atoms with van der Waals surface area (Å²) in [6.07, 6.45) is 6.18. The van der Waals surface area contributed by atoms with Crippen LogP contribution in [0.25, 0.3) is 0 Å². The Kier molecular flexibility index (Phi) is 4.67. The summed E-state index contributed by atoms with van der Waals surface area (Å²) in [5, 5.41) is 0. The molecule has 1 aromatic heterocycles. The Balaban J connectivity index is 1.43. The van der Waals surface area contributed by atoms with Crippen molar-refractivity contribution in [1.82, 2.24) is 14.8 Å². The molecule has 0 aromatic carbocycles. The van der Waals surface area contributed by atoms with Gasteiger partial charge in [-0.05, 0) is 37.8 Å². The topological polar surface area (TPSA) is 72.0 Å². The lowest BCUT2D eigenvalue weighted by atomic mass is 9.72. The molecule has 4 rings (SSSR count). The quantitative estimate of drug-likeness (QED) is 0.756. The van der Waals surface area contributed by atoms with Gasteiger partial charge in [-0.1, -0.05) is 0 Å². The number of amides is 2. The van der Waals surface area contributed by atoms with Gasteiger partial charge in [0.25, 0.3) is 11.8 Å². The fraction of sp³-hybridized carbons (Fsp3) is 0.632. The second-order valence-electron chi connectivity index (χ2n) is 7.31. The first-order chi connectivity index (χ1) is 12.7. The first-order valence-electron chi connectivity index (χ1n) is 9.30. The standard InChI is InChI=1S/C19H25N3O4/c1-25-16-18(24)22(19(16)6-11-26-12-7-19)15-4-9-21(10-5-15)17(23)14-3-2-8-20-13-14/h2-3,8,13,15-16H,4-7,9-12H2,1H3. The first-order valence-corrected chi connectivity index (χ1v) is 9.30. The van der Waals surface area contributed by atoms with Crippen LogP contribution in [-0.2, 0) is 14.3 Å².